The van der Waals surface area contributed by atoms with E-state index >= 15 is 0 Å². The van der Waals surface area contributed by atoms with E-state index in [0.717, 1.165) is 5.56 Å². The molecule has 0 unspecified atom stereocenters. The third-order valence-corrected chi connectivity index (χ3v) is 5.81. The van der Waals surface area contributed by atoms with Gasteiger partial charge in [0, 0.05) is 6.92 Å². The van der Waals surface area contributed by atoms with Crippen LogP contribution in [-0.4, -0.2) is 36.6 Å². The number of nitrogens with zero attached hydrogens (tertiary/aromatic N) is 3. The number of amides is 2. The van der Waals surface area contributed by atoms with Crippen LogP contribution in [0.4, 0.5) is 11.4 Å². The van der Waals surface area contributed by atoms with E-state index in [-0.39, 0.29) is 11.8 Å². The fourth-order valence-electron chi connectivity index (χ4n) is 4.29. The number of methoxy groups -OCH3 is 1. The summed E-state index contributed by atoms with van der Waals surface area (Å²) >= 11 is 0. The fraction of sp³-hybridized carbons (Fsp3) is 0.154. The number of para-hydroxylation sites is 1. The van der Waals surface area contributed by atoms with E-state index in [9.17, 15) is 14.4 Å². The molecule has 0 aromatic heterocycles. The molecule has 8 nitrogen and oxygen atoms in total. The second kappa shape index (κ2) is 8.47. The SMILES string of the molecule is COc1ccc(C2=NN(c3ccccc3)[C@@H]3C(=O)N(c4ccc(OC(C)=O)cc4)C(=O)[C@@H]23)cc1. The molecule has 170 valence electrons. The monoisotopic (exact) mass is 455 g/mol. The van der Waals surface area contributed by atoms with Crippen molar-refractivity contribution in [3.05, 3.63) is 84.4 Å². The van der Waals surface area contributed by atoms with Crippen molar-refractivity contribution in [2.45, 2.75) is 13.0 Å². The number of carbonyl (C=O) groups is 3. The van der Waals surface area contributed by atoms with Gasteiger partial charge in [-0.2, -0.15) is 5.10 Å². The van der Waals surface area contributed by atoms with Gasteiger partial charge in [-0.05, 0) is 66.2 Å². The van der Waals surface area contributed by atoms with E-state index in [1.165, 1.54) is 11.8 Å². The van der Waals surface area contributed by atoms with Crippen molar-refractivity contribution < 1.29 is 23.9 Å². The van der Waals surface area contributed by atoms with Gasteiger partial charge in [-0.3, -0.25) is 19.4 Å². The van der Waals surface area contributed by atoms with Crippen LogP contribution < -0.4 is 19.4 Å². The first kappa shape index (κ1) is 21.4. The number of hydrogen-bond acceptors (Lipinski definition) is 7. The zero-order valence-corrected chi connectivity index (χ0v) is 18.5. The summed E-state index contributed by atoms with van der Waals surface area (Å²) in [6.45, 7) is 1.31. The minimum absolute atomic E-state index is 0.335. The smallest absolute Gasteiger partial charge is 0.308 e. The molecular weight excluding hydrogens is 434 g/mol. The summed E-state index contributed by atoms with van der Waals surface area (Å²) in [7, 11) is 1.58. The number of hydrazone groups is 1. The maximum absolute atomic E-state index is 13.6. The van der Waals surface area contributed by atoms with Gasteiger partial charge in [-0.1, -0.05) is 18.2 Å². The first-order valence-electron chi connectivity index (χ1n) is 10.7. The van der Waals surface area contributed by atoms with Gasteiger partial charge >= 0.3 is 5.97 Å². The lowest BCUT2D eigenvalue weighted by atomic mass is 9.93. The summed E-state index contributed by atoms with van der Waals surface area (Å²) in [4.78, 5) is 39.6. The number of fused-ring (bicyclic) bond motifs is 1. The molecule has 1 fully saturated rings. The van der Waals surface area contributed by atoms with Crippen molar-refractivity contribution in [3.8, 4) is 11.5 Å². The Morgan fingerprint density at radius 2 is 1.47 bits per heavy atom. The molecule has 2 atom stereocenters. The van der Waals surface area contributed by atoms with Crippen LogP contribution in [0.5, 0.6) is 11.5 Å². The zero-order chi connectivity index (χ0) is 23.8. The lowest BCUT2D eigenvalue weighted by Crippen LogP contribution is -2.39. The quantitative estimate of drug-likeness (QED) is 0.333. The molecule has 2 heterocycles. The van der Waals surface area contributed by atoms with Gasteiger partial charge in [0.25, 0.3) is 5.91 Å². The molecule has 2 aliphatic heterocycles. The summed E-state index contributed by atoms with van der Waals surface area (Å²) in [6.07, 6.45) is 0. The number of imide groups is 1. The maximum Gasteiger partial charge on any atom is 0.308 e. The standard InChI is InChI=1S/C26H21N3O5/c1-16(30)34-21-14-10-18(11-15-21)28-25(31)22-23(17-8-12-20(33-2)13-9-17)27-29(24(22)26(28)32)19-6-4-3-5-7-19/h3-15,22,24H,1-2H3/t22-,24-/m0/s1. The van der Waals surface area contributed by atoms with E-state index in [1.54, 1.807) is 48.5 Å². The average molecular weight is 455 g/mol. The molecule has 2 aliphatic rings. The highest BCUT2D eigenvalue weighted by Gasteiger charge is 2.57. The van der Waals surface area contributed by atoms with Crippen LogP contribution >= 0.6 is 0 Å². The van der Waals surface area contributed by atoms with E-state index in [4.69, 9.17) is 14.6 Å². The molecule has 0 radical (unpaired) electrons. The Kier molecular flexibility index (Phi) is 5.33. The summed E-state index contributed by atoms with van der Waals surface area (Å²) in [5.74, 6) is -0.928. The summed E-state index contributed by atoms with van der Waals surface area (Å²) < 4.78 is 10.3. The molecule has 0 N–H and O–H groups in total. The van der Waals surface area contributed by atoms with E-state index in [1.807, 2.05) is 42.5 Å². The maximum atomic E-state index is 13.6. The van der Waals surface area contributed by atoms with Crippen LogP contribution in [0.1, 0.15) is 12.5 Å². The molecular formula is C26H21N3O5. The summed E-state index contributed by atoms with van der Waals surface area (Å²) in [5.41, 5.74) is 2.38. The average Bonchev–Trinajstić information content (AvgIpc) is 3.37. The van der Waals surface area contributed by atoms with Gasteiger partial charge in [0.1, 0.15) is 23.5 Å². The first-order chi connectivity index (χ1) is 16.5. The lowest BCUT2D eigenvalue weighted by Gasteiger charge is -2.22. The van der Waals surface area contributed by atoms with E-state index in [2.05, 4.69) is 0 Å². The second-order valence-corrected chi connectivity index (χ2v) is 7.92. The molecule has 34 heavy (non-hydrogen) atoms. The third kappa shape index (κ3) is 3.59. The summed E-state index contributed by atoms with van der Waals surface area (Å²) in [6, 6.07) is 22.0. The van der Waals surface area contributed by atoms with Crippen molar-refractivity contribution >= 4 is 34.9 Å². The Bertz CT molecular complexity index is 1290. The molecule has 2 amide bonds. The van der Waals surface area contributed by atoms with Crippen LogP contribution in [0.25, 0.3) is 0 Å². The van der Waals surface area contributed by atoms with Crippen LogP contribution in [0.3, 0.4) is 0 Å². The molecule has 0 aliphatic carbocycles. The van der Waals surface area contributed by atoms with Gasteiger partial charge in [0.15, 0.2) is 0 Å². The predicted octanol–water partition coefficient (Wildman–Crippen LogP) is 3.40. The molecule has 0 spiro atoms. The highest BCUT2D eigenvalue weighted by Crippen LogP contribution is 2.39. The number of anilines is 2. The van der Waals surface area contributed by atoms with Crippen molar-refractivity contribution in [1.29, 1.82) is 0 Å². The Hall–Kier alpha value is -4.46. The number of rotatable bonds is 5. The van der Waals surface area contributed by atoms with Crippen molar-refractivity contribution in [1.82, 2.24) is 0 Å². The Labute approximate surface area is 196 Å². The predicted molar refractivity (Wildman–Crippen MR) is 126 cm³/mol. The highest BCUT2D eigenvalue weighted by atomic mass is 16.5. The fourth-order valence-corrected chi connectivity index (χ4v) is 4.29. The second-order valence-electron chi connectivity index (χ2n) is 7.92. The van der Waals surface area contributed by atoms with Gasteiger partial charge < -0.3 is 9.47 Å². The highest BCUT2D eigenvalue weighted by molar-refractivity contribution is 6.34. The molecule has 0 bridgehead atoms. The Morgan fingerprint density at radius 1 is 0.824 bits per heavy atom. The molecule has 3 aromatic rings. The van der Waals surface area contributed by atoms with Crippen molar-refractivity contribution in [3.63, 3.8) is 0 Å². The van der Waals surface area contributed by atoms with Gasteiger partial charge in [-0.25, -0.2) is 4.90 Å². The van der Waals surface area contributed by atoms with Gasteiger partial charge in [0.05, 0.1) is 24.2 Å². The number of ether oxygens (including phenoxy) is 2. The Morgan fingerprint density at radius 3 is 2.09 bits per heavy atom. The minimum Gasteiger partial charge on any atom is -0.497 e. The van der Waals surface area contributed by atoms with Crippen molar-refractivity contribution in [2.75, 3.05) is 17.0 Å². The van der Waals surface area contributed by atoms with E-state index in [0.29, 0.717) is 28.6 Å². The molecule has 8 heteroatoms. The normalized spacial score (nSPS) is 19.2. The first-order valence-corrected chi connectivity index (χ1v) is 10.7. The van der Waals surface area contributed by atoms with E-state index < -0.39 is 17.9 Å². The van der Waals surface area contributed by atoms with Crippen molar-refractivity contribution in [2.24, 2.45) is 11.0 Å². The number of hydrogen-bond donors (Lipinski definition) is 0. The van der Waals surface area contributed by atoms with Crippen LogP contribution in [0, 0.1) is 5.92 Å². The minimum atomic E-state index is -0.805. The molecule has 1 saturated heterocycles. The number of carbonyl (C=O) groups excluding carboxylic acids is 3. The van der Waals surface area contributed by atoms with Crippen LogP contribution in [-0.2, 0) is 14.4 Å². The molecule has 3 aromatic carbocycles. The zero-order valence-electron chi connectivity index (χ0n) is 18.5. The Balaban J connectivity index is 1.55. The number of benzene rings is 3. The largest absolute Gasteiger partial charge is 0.497 e. The third-order valence-electron chi connectivity index (χ3n) is 5.81. The van der Waals surface area contributed by atoms with Gasteiger partial charge in [-0.15, -0.1) is 0 Å². The van der Waals surface area contributed by atoms with Crippen LogP contribution in [0.2, 0.25) is 0 Å². The van der Waals surface area contributed by atoms with Crippen LogP contribution in [0.15, 0.2) is 84.0 Å². The lowest BCUT2D eigenvalue weighted by molar-refractivity contribution is -0.132. The van der Waals surface area contributed by atoms with Gasteiger partial charge in [0.2, 0.25) is 5.91 Å². The topological polar surface area (TPSA) is 88.5 Å². The molecule has 0 saturated carbocycles. The summed E-state index contributed by atoms with van der Waals surface area (Å²) in [5, 5.41) is 6.35. The molecule has 5 rings (SSSR count). The number of esters is 1.